The van der Waals surface area contributed by atoms with Gasteiger partial charge in [-0.3, -0.25) is 0 Å². The lowest BCUT2D eigenvalue weighted by Gasteiger charge is -2.06. The Bertz CT molecular complexity index is 515. The first-order valence-corrected chi connectivity index (χ1v) is 5.50. The number of rotatable bonds is 3. The Morgan fingerprint density at radius 2 is 2.00 bits per heavy atom. The zero-order chi connectivity index (χ0) is 12.4. The number of nitrogens with two attached hydrogens (primary N) is 1. The maximum Gasteiger partial charge on any atom is 0.246 e. The van der Waals surface area contributed by atoms with E-state index in [1.165, 1.54) is 11.1 Å². The first-order chi connectivity index (χ1) is 8.08. The minimum atomic E-state index is 0.442. The SMILES string of the molecule is Cc1ccccc1Cn1nc(N(C)C)nc1N. The van der Waals surface area contributed by atoms with Crippen molar-refractivity contribution in [1.82, 2.24) is 14.8 Å². The highest BCUT2D eigenvalue weighted by molar-refractivity contribution is 5.34. The molecule has 2 aromatic rings. The van der Waals surface area contributed by atoms with E-state index >= 15 is 0 Å². The van der Waals surface area contributed by atoms with Crippen LogP contribution in [0.15, 0.2) is 24.3 Å². The molecule has 2 rings (SSSR count). The second-order valence-electron chi connectivity index (χ2n) is 4.25. The Kier molecular flexibility index (Phi) is 2.99. The van der Waals surface area contributed by atoms with Crippen LogP contribution in [0.1, 0.15) is 11.1 Å². The molecule has 0 amide bonds. The second kappa shape index (κ2) is 4.45. The first kappa shape index (κ1) is 11.4. The number of aryl methyl sites for hydroxylation is 1. The third kappa shape index (κ3) is 2.38. The monoisotopic (exact) mass is 231 g/mol. The van der Waals surface area contributed by atoms with Crippen LogP contribution in [0.25, 0.3) is 0 Å². The van der Waals surface area contributed by atoms with Crippen LogP contribution in [-0.4, -0.2) is 28.9 Å². The third-order valence-electron chi connectivity index (χ3n) is 2.67. The molecule has 0 atom stereocenters. The lowest BCUT2D eigenvalue weighted by molar-refractivity contribution is 0.691. The van der Waals surface area contributed by atoms with Gasteiger partial charge in [0.15, 0.2) is 0 Å². The van der Waals surface area contributed by atoms with Gasteiger partial charge in [-0.2, -0.15) is 4.98 Å². The van der Waals surface area contributed by atoms with Gasteiger partial charge in [-0.15, -0.1) is 5.10 Å². The normalized spacial score (nSPS) is 10.5. The molecule has 2 N–H and O–H groups in total. The number of aromatic nitrogens is 3. The minimum Gasteiger partial charge on any atom is -0.368 e. The maximum atomic E-state index is 5.84. The standard InChI is InChI=1S/C12H17N5/c1-9-6-4-5-7-10(9)8-17-11(13)14-12(15-17)16(2)3/h4-7H,8H2,1-3H3,(H2,13,14,15). The molecule has 90 valence electrons. The van der Waals surface area contributed by atoms with E-state index in [1.54, 1.807) is 4.68 Å². The van der Waals surface area contributed by atoms with Gasteiger partial charge in [0.25, 0.3) is 0 Å². The van der Waals surface area contributed by atoms with Gasteiger partial charge in [0.2, 0.25) is 11.9 Å². The Balaban J connectivity index is 2.27. The van der Waals surface area contributed by atoms with Crippen LogP contribution < -0.4 is 10.6 Å². The molecule has 0 aliphatic heterocycles. The summed E-state index contributed by atoms with van der Waals surface area (Å²) in [7, 11) is 3.79. The van der Waals surface area contributed by atoms with E-state index in [2.05, 4.69) is 29.1 Å². The van der Waals surface area contributed by atoms with E-state index < -0.39 is 0 Å². The highest BCUT2D eigenvalue weighted by Crippen LogP contribution is 2.13. The average Bonchev–Trinajstić information content (AvgIpc) is 2.64. The molecule has 0 bridgehead atoms. The van der Waals surface area contributed by atoms with Crippen LogP contribution >= 0.6 is 0 Å². The molecule has 0 spiro atoms. The zero-order valence-corrected chi connectivity index (χ0v) is 10.4. The summed E-state index contributed by atoms with van der Waals surface area (Å²) in [6.07, 6.45) is 0. The molecule has 5 nitrogen and oxygen atoms in total. The van der Waals surface area contributed by atoms with Gasteiger partial charge in [-0.25, -0.2) is 4.68 Å². The van der Waals surface area contributed by atoms with E-state index in [-0.39, 0.29) is 0 Å². The van der Waals surface area contributed by atoms with Crippen molar-refractivity contribution in [3.63, 3.8) is 0 Å². The predicted molar refractivity (Wildman–Crippen MR) is 69.0 cm³/mol. The first-order valence-electron chi connectivity index (χ1n) is 5.50. The molecule has 1 aromatic heterocycles. The third-order valence-corrected chi connectivity index (χ3v) is 2.67. The van der Waals surface area contributed by atoms with Crippen LogP contribution in [0, 0.1) is 6.92 Å². The van der Waals surface area contributed by atoms with E-state index in [1.807, 2.05) is 31.1 Å². The van der Waals surface area contributed by atoms with E-state index in [0.717, 1.165) is 0 Å². The lowest BCUT2D eigenvalue weighted by Crippen LogP contribution is -2.11. The number of nitrogens with zero attached hydrogens (tertiary/aromatic N) is 4. The second-order valence-corrected chi connectivity index (χ2v) is 4.25. The fourth-order valence-electron chi connectivity index (χ4n) is 1.60. The topological polar surface area (TPSA) is 60.0 Å². The minimum absolute atomic E-state index is 0.442. The van der Waals surface area contributed by atoms with Crippen LogP contribution in [0.3, 0.4) is 0 Å². The molecule has 0 fully saturated rings. The molecule has 0 unspecified atom stereocenters. The van der Waals surface area contributed by atoms with Gasteiger partial charge < -0.3 is 10.6 Å². The summed E-state index contributed by atoms with van der Waals surface area (Å²) in [6.45, 7) is 2.73. The van der Waals surface area contributed by atoms with Crippen molar-refractivity contribution in [2.24, 2.45) is 0 Å². The molecule has 1 aromatic carbocycles. The molecule has 0 saturated heterocycles. The number of anilines is 2. The Labute approximate surface area is 101 Å². The fourth-order valence-corrected chi connectivity index (χ4v) is 1.60. The Hall–Kier alpha value is -2.04. The predicted octanol–water partition coefficient (Wildman–Crippen LogP) is 1.28. The molecular weight excluding hydrogens is 214 g/mol. The molecule has 1 heterocycles. The number of hydrogen-bond donors (Lipinski definition) is 1. The van der Waals surface area contributed by atoms with Gasteiger partial charge in [0.1, 0.15) is 0 Å². The summed E-state index contributed by atoms with van der Waals surface area (Å²) >= 11 is 0. The van der Waals surface area contributed by atoms with E-state index in [9.17, 15) is 0 Å². The van der Waals surface area contributed by atoms with Crippen LogP contribution in [0.4, 0.5) is 11.9 Å². The van der Waals surface area contributed by atoms with Gasteiger partial charge >= 0.3 is 0 Å². The molecule has 17 heavy (non-hydrogen) atoms. The highest BCUT2D eigenvalue weighted by Gasteiger charge is 2.09. The highest BCUT2D eigenvalue weighted by atomic mass is 15.4. The molecular formula is C12H17N5. The van der Waals surface area contributed by atoms with Crippen molar-refractivity contribution >= 4 is 11.9 Å². The molecule has 0 radical (unpaired) electrons. The number of nitrogen functional groups attached to an aromatic ring is 1. The van der Waals surface area contributed by atoms with Crippen LogP contribution in [0.2, 0.25) is 0 Å². The van der Waals surface area contributed by atoms with Crippen molar-refractivity contribution in [2.45, 2.75) is 13.5 Å². The maximum absolute atomic E-state index is 5.84. The summed E-state index contributed by atoms with van der Waals surface area (Å²) in [5.41, 5.74) is 8.27. The van der Waals surface area contributed by atoms with Gasteiger partial charge in [0, 0.05) is 14.1 Å². The number of hydrogen-bond acceptors (Lipinski definition) is 4. The van der Waals surface area contributed by atoms with Crippen molar-refractivity contribution in [3.05, 3.63) is 35.4 Å². The van der Waals surface area contributed by atoms with Gasteiger partial charge in [0.05, 0.1) is 6.54 Å². The number of benzene rings is 1. The Morgan fingerprint density at radius 3 is 2.59 bits per heavy atom. The Morgan fingerprint density at radius 1 is 1.29 bits per heavy atom. The summed E-state index contributed by atoms with van der Waals surface area (Å²) in [5.74, 6) is 1.08. The smallest absolute Gasteiger partial charge is 0.246 e. The van der Waals surface area contributed by atoms with Crippen LogP contribution in [0.5, 0.6) is 0 Å². The van der Waals surface area contributed by atoms with E-state index in [4.69, 9.17) is 5.73 Å². The quantitative estimate of drug-likeness (QED) is 0.864. The van der Waals surface area contributed by atoms with Gasteiger partial charge in [-0.05, 0) is 18.1 Å². The van der Waals surface area contributed by atoms with Crippen molar-refractivity contribution in [3.8, 4) is 0 Å². The van der Waals surface area contributed by atoms with Crippen molar-refractivity contribution in [2.75, 3.05) is 24.7 Å². The average molecular weight is 231 g/mol. The largest absolute Gasteiger partial charge is 0.368 e. The van der Waals surface area contributed by atoms with Crippen LogP contribution in [-0.2, 0) is 6.54 Å². The summed E-state index contributed by atoms with van der Waals surface area (Å²) < 4.78 is 1.72. The molecule has 5 heteroatoms. The molecule has 0 aliphatic rings. The summed E-state index contributed by atoms with van der Waals surface area (Å²) in [5, 5.41) is 4.35. The van der Waals surface area contributed by atoms with Gasteiger partial charge in [-0.1, -0.05) is 24.3 Å². The molecule has 0 aliphatic carbocycles. The zero-order valence-electron chi connectivity index (χ0n) is 10.4. The summed E-state index contributed by atoms with van der Waals surface area (Å²) in [4.78, 5) is 6.03. The fraction of sp³-hybridized carbons (Fsp3) is 0.333. The molecule has 0 saturated carbocycles. The van der Waals surface area contributed by atoms with Crippen molar-refractivity contribution in [1.29, 1.82) is 0 Å². The lowest BCUT2D eigenvalue weighted by atomic mass is 10.1. The van der Waals surface area contributed by atoms with E-state index in [0.29, 0.717) is 18.4 Å². The van der Waals surface area contributed by atoms with Crippen molar-refractivity contribution < 1.29 is 0 Å². The summed E-state index contributed by atoms with van der Waals surface area (Å²) in [6, 6.07) is 8.19.